The second-order valence-corrected chi connectivity index (χ2v) is 3.74. The predicted molar refractivity (Wildman–Crippen MR) is 64.6 cm³/mol. The molecule has 0 fully saturated rings. The van der Waals surface area contributed by atoms with Crippen LogP contribution in [0.15, 0.2) is 10.6 Å². The van der Waals surface area contributed by atoms with Gasteiger partial charge in [-0.2, -0.15) is 0 Å². The van der Waals surface area contributed by atoms with Crippen molar-refractivity contribution in [2.45, 2.75) is 40.0 Å². The summed E-state index contributed by atoms with van der Waals surface area (Å²) in [4.78, 5) is 0. The largest absolute Gasteiger partial charge is 0.360 e. The van der Waals surface area contributed by atoms with Gasteiger partial charge in [-0.05, 0) is 20.8 Å². The van der Waals surface area contributed by atoms with E-state index in [9.17, 15) is 0 Å². The number of aryl methyl sites for hydroxylation is 1. The van der Waals surface area contributed by atoms with Crippen LogP contribution in [0.3, 0.4) is 0 Å². The van der Waals surface area contributed by atoms with Crippen LogP contribution in [0.1, 0.15) is 31.7 Å². The second-order valence-electron chi connectivity index (χ2n) is 3.74. The Kier molecular flexibility index (Phi) is 6.84. The number of hydrogen-bond donors (Lipinski definition) is 1. The number of ether oxygens (including phenoxy) is 2. The first-order valence-electron chi connectivity index (χ1n) is 6.12. The second kappa shape index (κ2) is 8.22. The van der Waals surface area contributed by atoms with E-state index in [4.69, 9.17) is 14.0 Å². The molecule has 0 saturated heterocycles. The first-order chi connectivity index (χ1) is 8.26. The van der Waals surface area contributed by atoms with E-state index in [1.54, 1.807) is 0 Å². The minimum Gasteiger partial charge on any atom is -0.360 e. The van der Waals surface area contributed by atoms with Crippen molar-refractivity contribution in [3.8, 4) is 0 Å². The van der Waals surface area contributed by atoms with Gasteiger partial charge in [0.25, 0.3) is 0 Å². The molecule has 5 heteroatoms. The SMILES string of the molecule is CCOC(CCNCc1cc(C)no1)OCC. The van der Waals surface area contributed by atoms with Crippen LogP contribution in [-0.4, -0.2) is 31.2 Å². The van der Waals surface area contributed by atoms with Crippen molar-refractivity contribution in [2.24, 2.45) is 0 Å². The Hall–Kier alpha value is -0.910. The maximum atomic E-state index is 5.44. The van der Waals surface area contributed by atoms with Crippen molar-refractivity contribution in [1.82, 2.24) is 10.5 Å². The van der Waals surface area contributed by atoms with Crippen LogP contribution in [-0.2, 0) is 16.0 Å². The number of nitrogens with zero attached hydrogens (tertiary/aromatic N) is 1. The van der Waals surface area contributed by atoms with E-state index in [2.05, 4.69) is 10.5 Å². The molecule has 0 bridgehead atoms. The fraction of sp³-hybridized carbons (Fsp3) is 0.750. The third-order valence-corrected chi connectivity index (χ3v) is 2.24. The molecular weight excluding hydrogens is 220 g/mol. The molecule has 1 aromatic rings. The van der Waals surface area contributed by atoms with Crippen LogP contribution in [0.25, 0.3) is 0 Å². The minimum atomic E-state index is -0.117. The summed E-state index contributed by atoms with van der Waals surface area (Å²) in [5.74, 6) is 0.854. The van der Waals surface area contributed by atoms with Crippen molar-refractivity contribution >= 4 is 0 Å². The van der Waals surface area contributed by atoms with Gasteiger partial charge < -0.3 is 19.3 Å². The van der Waals surface area contributed by atoms with Gasteiger partial charge in [-0.15, -0.1) is 0 Å². The fourth-order valence-electron chi connectivity index (χ4n) is 1.52. The molecule has 0 spiro atoms. The van der Waals surface area contributed by atoms with Crippen LogP contribution >= 0.6 is 0 Å². The van der Waals surface area contributed by atoms with Crippen molar-refractivity contribution < 1.29 is 14.0 Å². The fourth-order valence-corrected chi connectivity index (χ4v) is 1.52. The van der Waals surface area contributed by atoms with Gasteiger partial charge in [-0.25, -0.2) is 0 Å². The van der Waals surface area contributed by atoms with Crippen LogP contribution in [0.4, 0.5) is 0 Å². The molecule has 1 aromatic heterocycles. The normalized spacial score (nSPS) is 11.3. The van der Waals surface area contributed by atoms with Crippen LogP contribution in [0.2, 0.25) is 0 Å². The summed E-state index contributed by atoms with van der Waals surface area (Å²) in [6, 6.07) is 1.93. The Bertz CT molecular complexity index is 296. The van der Waals surface area contributed by atoms with Gasteiger partial charge in [0.15, 0.2) is 12.1 Å². The zero-order valence-electron chi connectivity index (χ0n) is 10.9. The van der Waals surface area contributed by atoms with Gasteiger partial charge in [-0.3, -0.25) is 0 Å². The van der Waals surface area contributed by atoms with Gasteiger partial charge >= 0.3 is 0 Å². The van der Waals surface area contributed by atoms with E-state index in [0.717, 1.165) is 24.4 Å². The van der Waals surface area contributed by atoms with E-state index in [-0.39, 0.29) is 6.29 Å². The average Bonchev–Trinajstić information content (AvgIpc) is 2.71. The molecule has 0 saturated carbocycles. The topological polar surface area (TPSA) is 56.5 Å². The van der Waals surface area contributed by atoms with E-state index >= 15 is 0 Å². The number of nitrogens with one attached hydrogen (secondary N) is 1. The van der Waals surface area contributed by atoms with Gasteiger partial charge in [0, 0.05) is 32.2 Å². The summed E-state index contributed by atoms with van der Waals surface area (Å²) < 4.78 is 16.0. The lowest BCUT2D eigenvalue weighted by atomic mass is 10.3. The first-order valence-corrected chi connectivity index (χ1v) is 6.12. The smallest absolute Gasteiger partial charge is 0.158 e. The molecule has 0 amide bonds. The third kappa shape index (κ3) is 5.81. The Labute approximate surface area is 102 Å². The lowest BCUT2D eigenvalue weighted by Gasteiger charge is -2.16. The molecule has 0 aliphatic heterocycles. The number of rotatable bonds is 9. The van der Waals surface area contributed by atoms with E-state index in [1.165, 1.54) is 0 Å². The summed E-state index contributed by atoms with van der Waals surface area (Å²) in [6.45, 7) is 8.70. The van der Waals surface area contributed by atoms with Gasteiger partial charge in [0.05, 0.1) is 12.2 Å². The lowest BCUT2D eigenvalue weighted by molar-refractivity contribution is -0.138. The summed E-state index contributed by atoms with van der Waals surface area (Å²) >= 11 is 0. The van der Waals surface area contributed by atoms with Crippen LogP contribution in [0, 0.1) is 6.92 Å². The molecule has 1 rings (SSSR count). The molecule has 0 aromatic carbocycles. The summed E-state index contributed by atoms with van der Waals surface area (Å²) in [7, 11) is 0. The highest BCUT2D eigenvalue weighted by Crippen LogP contribution is 2.03. The highest BCUT2D eigenvalue weighted by molar-refractivity contribution is 5.02. The standard InChI is InChI=1S/C12H22N2O3/c1-4-15-12(16-5-2)6-7-13-9-11-8-10(3)14-17-11/h8,12-13H,4-7,9H2,1-3H3. The molecule has 0 unspecified atom stereocenters. The molecule has 17 heavy (non-hydrogen) atoms. The maximum Gasteiger partial charge on any atom is 0.158 e. The zero-order chi connectivity index (χ0) is 12.5. The molecular formula is C12H22N2O3. The van der Waals surface area contributed by atoms with E-state index in [1.807, 2.05) is 26.8 Å². The third-order valence-electron chi connectivity index (χ3n) is 2.24. The van der Waals surface area contributed by atoms with Crippen LogP contribution in [0.5, 0.6) is 0 Å². The monoisotopic (exact) mass is 242 g/mol. The van der Waals surface area contributed by atoms with Crippen molar-refractivity contribution in [1.29, 1.82) is 0 Å². The molecule has 0 aliphatic rings. The molecule has 5 nitrogen and oxygen atoms in total. The highest BCUT2D eigenvalue weighted by atomic mass is 16.7. The van der Waals surface area contributed by atoms with Gasteiger partial charge in [0.2, 0.25) is 0 Å². The summed E-state index contributed by atoms with van der Waals surface area (Å²) in [5, 5.41) is 7.09. The molecule has 1 heterocycles. The Morgan fingerprint density at radius 1 is 1.35 bits per heavy atom. The predicted octanol–water partition coefficient (Wildman–Crippen LogP) is 1.86. The molecule has 0 aliphatic carbocycles. The van der Waals surface area contributed by atoms with E-state index < -0.39 is 0 Å². The molecule has 0 radical (unpaired) electrons. The summed E-state index contributed by atoms with van der Waals surface area (Å²) in [6.07, 6.45) is 0.711. The molecule has 98 valence electrons. The maximum absolute atomic E-state index is 5.44. The molecule has 0 atom stereocenters. The Morgan fingerprint density at radius 3 is 2.59 bits per heavy atom. The van der Waals surface area contributed by atoms with Crippen molar-refractivity contribution in [2.75, 3.05) is 19.8 Å². The lowest BCUT2D eigenvalue weighted by Crippen LogP contribution is -2.24. The van der Waals surface area contributed by atoms with Gasteiger partial charge in [-0.1, -0.05) is 5.16 Å². The number of aromatic nitrogens is 1. The molecule has 1 N–H and O–H groups in total. The Morgan fingerprint density at radius 2 is 2.06 bits per heavy atom. The number of hydrogen-bond acceptors (Lipinski definition) is 5. The van der Waals surface area contributed by atoms with Crippen molar-refractivity contribution in [3.05, 3.63) is 17.5 Å². The zero-order valence-corrected chi connectivity index (χ0v) is 10.9. The quantitative estimate of drug-likeness (QED) is 0.529. The van der Waals surface area contributed by atoms with Crippen molar-refractivity contribution in [3.63, 3.8) is 0 Å². The Balaban J connectivity index is 2.13. The van der Waals surface area contributed by atoms with E-state index in [0.29, 0.717) is 19.8 Å². The average molecular weight is 242 g/mol. The summed E-state index contributed by atoms with van der Waals surface area (Å²) in [5.41, 5.74) is 0.906. The highest BCUT2D eigenvalue weighted by Gasteiger charge is 2.07. The van der Waals surface area contributed by atoms with Gasteiger partial charge in [0.1, 0.15) is 0 Å². The van der Waals surface area contributed by atoms with Crippen LogP contribution < -0.4 is 5.32 Å². The minimum absolute atomic E-state index is 0.117. The first kappa shape index (κ1) is 14.2.